The molecular weight excluding hydrogens is 286 g/mol. The predicted molar refractivity (Wildman–Crippen MR) is 82.3 cm³/mol. The van der Waals surface area contributed by atoms with Crippen molar-refractivity contribution >= 4 is 10.0 Å². The maximum atomic E-state index is 12.4. The third-order valence-corrected chi connectivity index (χ3v) is 5.44. The minimum absolute atomic E-state index is 0.0288. The fraction of sp³-hybridized carbons (Fsp3) is 0.500. The zero-order valence-corrected chi connectivity index (χ0v) is 13.3. The van der Waals surface area contributed by atoms with E-state index in [-0.39, 0.29) is 17.0 Å². The van der Waals surface area contributed by atoms with Gasteiger partial charge in [0.05, 0.1) is 11.5 Å². The molecule has 21 heavy (non-hydrogen) atoms. The van der Waals surface area contributed by atoms with Crippen LogP contribution in [0, 0.1) is 18.8 Å². The maximum absolute atomic E-state index is 12.4. The van der Waals surface area contributed by atoms with Gasteiger partial charge in [0.1, 0.15) is 0 Å². The highest BCUT2D eigenvalue weighted by molar-refractivity contribution is 7.89. The van der Waals surface area contributed by atoms with E-state index in [1.165, 1.54) is 0 Å². The van der Waals surface area contributed by atoms with Crippen molar-refractivity contribution in [2.75, 3.05) is 6.61 Å². The SMILES string of the molecule is Cc1cc(S(=O)(=O)NC2(C)CCC2)ccc1C#CCCO. The van der Waals surface area contributed by atoms with Crippen LogP contribution in [0.15, 0.2) is 23.1 Å². The molecule has 1 aromatic carbocycles. The molecule has 0 saturated heterocycles. The molecule has 2 N–H and O–H groups in total. The second kappa shape index (κ2) is 6.18. The standard InChI is InChI=1S/C16H21NO3S/c1-13-12-15(8-7-14(13)6-3-4-11-18)21(19,20)17-16(2)9-5-10-16/h7-8,12,17-18H,4-5,9-11H2,1-2H3. The fourth-order valence-corrected chi connectivity index (χ4v) is 3.90. The Bertz CT molecular complexity index is 679. The molecule has 0 atom stereocenters. The van der Waals surface area contributed by atoms with Crippen molar-refractivity contribution in [2.45, 2.75) is 50.0 Å². The van der Waals surface area contributed by atoms with Gasteiger partial charge in [-0.15, -0.1) is 0 Å². The van der Waals surface area contributed by atoms with E-state index in [1.807, 2.05) is 13.8 Å². The third kappa shape index (κ3) is 3.85. The molecule has 114 valence electrons. The number of rotatable bonds is 4. The molecule has 1 fully saturated rings. The van der Waals surface area contributed by atoms with Crippen LogP contribution in [-0.4, -0.2) is 25.7 Å². The highest BCUT2D eigenvalue weighted by Gasteiger charge is 2.36. The Morgan fingerprint density at radius 2 is 2.10 bits per heavy atom. The van der Waals surface area contributed by atoms with Gasteiger partial charge in [-0.2, -0.15) is 0 Å². The van der Waals surface area contributed by atoms with Crippen LogP contribution in [0.25, 0.3) is 0 Å². The molecule has 0 heterocycles. The van der Waals surface area contributed by atoms with E-state index in [1.54, 1.807) is 18.2 Å². The van der Waals surface area contributed by atoms with Crippen molar-refractivity contribution in [2.24, 2.45) is 0 Å². The first-order valence-corrected chi connectivity index (χ1v) is 8.59. The van der Waals surface area contributed by atoms with E-state index >= 15 is 0 Å². The van der Waals surface area contributed by atoms with Gasteiger partial charge in [-0.25, -0.2) is 13.1 Å². The van der Waals surface area contributed by atoms with Crippen molar-refractivity contribution < 1.29 is 13.5 Å². The lowest BCUT2D eigenvalue weighted by Crippen LogP contribution is -2.50. The van der Waals surface area contributed by atoms with Crippen LogP contribution < -0.4 is 4.72 Å². The lowest BCUT2D eigenvalue weighted by molar-refractivity contribution is 0.248. The number of aryl methyl sites for hydroxylation is 1. The summed E-state index contributed by atoms with van der Waals surface area (Å²) in [6.45, 7) is 3.81. The van der Waals surface area contributed by atoms with Crippen LogP contribution in [-0.2, 0) is 10.0 Å². The summed E-state index contributed by atoms with van der Waals surface area (Å²) in [6, 6.07) is 4.95. The quantitative estimate of drug-likeness (QED) is 0.836. The lowest BCUT2D eigenvalue weighted by Gasteiger charge is -2.38. The van der Waals surface area contributed by atoms with Crippen molar-refractivity contribution in [3.8, 4) is 11.8 Å². The van der Waals surface area contributed by atoms with Crippen LogP contribution in [0.5, 0.6) is 0 Å². The van der Waals surface area contributed by atoms with Gasteiger partial charge >= 0.3 is 0 Å². The first-order valence-electron chi connectivity index (χ1n) is 7.11. The lowest BCUT2D eigenvalue weighted by atomic mass is 9.80. The summed E-state index contributed by atoms with van der Waals surface area (Å²) in [5.74, 6) is 5.78. The molecule has 0 spiro atoms. The number of hydrogen-bond acceptors (Lipinski definition) is 3. The molecule has 0 radical (unpaired) electrons. The molecule has 0 unspecified atom stereocenters. The summed E-state index contributed by atoms with van der Waals surface area (Å²) in [5.41, 5.74) is 1.31. The van der Waals surface area contributed by atoms with Gasteiger partial charge in [0.2, 0.25) is 10.0 Å². The van der Waals surface area contributed by atoms with E-state index in [2.05, 4.69) is 16.6 Å². The van der Waals surface area contributed by atoms with Crippen LogP contribution in [0.2, 0.25) is 0 Å². The van der Waals surface area contributed by atoms with Crippen LogP contribution in [0.1, 0.15) is 43.7 Å². The second-order valence-electron chi connectivity index (χ2n) is 5.77. The summed E-state index contributed by atoms with van der Waals surface area (Å²) in [6.07, 6.45) is 3.25. The topological polar surface area (TPSA) is 66.4 Å². The van der Waals surface area contributed by atoms with E-state index in [0.29, 0.717) is 6.42 Å². The van der Waals surface area contributed by atoms with Gasteiger partial charge in [0, 0.05) is 17.5 Å². The fourth-order valence-electron chi connectivity index (χ4n) is 2.35. The average Bonchev–Trinajstić information content (AvgIpc) is 2.38. The number of benzene rings is 1. The number of sulfonamides is 1. The van der Waals surface area contributed by atoms with E-state index in [4.69, 9.17) is 5.11 Å². The molecule has 1 aliphatic rings. The van der Waals surface area contributed by atoms with Crippen molar-refractivity contribution in [1.29, 1.82) is 0 Å². The van der Waals surface area contributed by atoms with Gasteiger partial charge < -0.3 is 5.11 Å². The molecule has 1 aliphatic carbocycles. The van der Waals surface area contributed by atoms with Crippen LogP contribution >= 0.6 is 0 Å². The summed E-state index contributed by atoms with van der Waals surface area (Å²) < 4.78 is 27.6. The van der Waals surface area contributed by atoms with Gasteiger partial charge in [0.15, 0.2) is 0 Å². The predicted octanol–water partition coefficient (Wildman–Crippen LogP) is 1.95. The van der Waals surface area contributed by atoms with E-state index in [0.717, 1.165) is 30.4 Å². The first-order chi connectivity index (χ1) is 9.86. The minimum Gasteiger partial charge on any atom is -0.395 e. The number of aliphatic hydroxyl groups is 1. The highest BCUT2D eigenvalue weighted by Crippen LogP contribution is 2.32. The zero-order valence-electron chi connectivity index (χ0n) is 12.4. The average molecular weight is 307 g/mol. The number of aliphatic hydroxyl groups excluding tert-OH is 1. The smallest absolute Gasteiger partial charge is 0.241 e. The molecule has 0 amide bonds. The third-order valence-electron chi connectivity index (χ3n) is 3.81. The molecule has 1 saturated carbocycles. The Balaban J connectivity index is 2.21. The molecule has 4 nitrogen and oxygen atoms in total. The Morgan fingerprint density at radius 3 is 2.62 bits per heavy atom. The summed E-state index contributed by atoms with van der Waals surface area (Å²) in [7, 11) is -3.48. The summed E-state index contributed by atoms with van der Waals surface area (Å²) in [5, 5.41) is 8.71. The minimum atomic E-state index is -3.48. The first kappa shape index (κ1) is 16.0. The van der Waals surface area contributed by atoms with Crippen molar-refractivity contribution in [1.82, 2.24) is 4.72 Å². The number of hydrogen-bond donors (Lipinski definition) is 2. The van der Waals surface area contributed by atoms with Crippen molar-refractivity contribution in [3.63, 3.8) is 0 Å². The summed E-state index contributed by atoms with van der Waals surface area (Å²) in [4.78, 5) is 0.279. The van der Waals surface area contributed by atoms with E-state index < -0.39 is 10.0 Å². The molecule has 0 aromatic heterocycles. The van der Waals surface area contributed by atoms with Gasteiger partial charge in [0.25, 0.3) is 0 Å². The zero-order chi connectivity index (χ0) is 15.5. The van der Waals surface area contributed by atoms with Crippen molar-refractivity contribution in [3.05, 3.63) is 29.3 Å². The number of nitrogens with one attached hydrogen (secondary N) is 1. The Labute approximate surface area is 126 Å². The molecule has 2 rings (SSSR count). The van der Waals surface area contributed by atoms with Gasteiger partial charge in [-0.1, -0.05) is 11.8 Å². The highest BCUT2D eigenvalue weighted by atomic mass is 32.2. The summed E-state index contributed by atoms with van der Waals surface area (Å²) >= 11 is 0. The second-order valence-corrected chi connectivity index (χ2v) is 7.45. The van der Waals surface area contributed by atoms with Gasteiger partial charge in [-0.3, -0.25) is 0 Å². The Hall–Kier alpha value is -1.35. The molecule has 0 aliphatic heterocycles. The normalized spacial score (nSPS) is 16.7. The van der Waals surface area contributed by atoms with Gasteiger partial charge in [-0.05, 0) is 56.9 Å². The van der Waals surface area contributed by atoms with Crippen LogP contribution in [0.4, 0.5) is 0 Å². The maximum Gasteiger partial charge on any atom is 0.241 e. The Morgan fingerprint density at radius 1 is 1.38 bits per heavy atom. The van der Waals surface area contributed by atoms with Crippen LogP contribution in [0.3, 0.4) is 0 Å². The molecule has 0 bridgehead atoms. The molecular formula is C16H21NO3S. The molecule has 1 aromatic rings. The Kier molecular flexibility index (Phi) is 4.72. The monoisotopic (exact) mass is 307 g/mol. The van der Waals surface area contributed by atoms with E-state index in [9.17, 15) is 8.42 Å². The largest absolute Gasteiger partial charge is 0.395 e. The molecule has 5 heteroatoms.